The molecule has 0 N–H and O–H groups in total. The summed E-state index contributed by atoms with van der Waals surface area (Å²) >= 11 is 1.27. The minimum absolute atomic E-state index is 0.232. The minimum atomic E-state index is -0.627. The zero-order valence-corrected chi connectivity index (χ0v) is 20.6. The highest BCUT2D eigenvalue weighted by molar-refractivity contribution is 7.07. The van der Waals surface area contributed by atoms with Crippen LogP contribution in [0.4, 0.5) is 0 Å². The van der Waals surface area contributed by atoms with Crippen molar-refractivity contribution in [3.05, 3.63) is 103 Å². The van der Waals surface area contributed by atoms with Crippen molar-refractivity contribution in [1.29, 1.82) is 0 Å². The largest absolute Gasteiger partial charge is 0.493 e. The van der Waals surface area contributed by atoms with Gasteiger partial charge in [0.1, 0.15) is 6.61 Å². The summed E-state index contributed by atoms with van der Waals surface area (Å²) in [6, 6.07) is 14.3. The Balaban J connectivity index is 1.86. The third kappa shape index (κ3) is 4.83. The van der Waals surface area contributed by atoms with Gasteiger partial charge in [-0.15, -0.1) is 0 Å². The van der Waals surface area contributed by atoms with Crippen molar-refractivity contribution in [3.8, 4) is 11.5 Å². The zero-order valence-electron chi connectivity index (χ0n) is 19.8. The molecule has 0 amide bonds. The van der Waals surface area contributed by atoms with Crippen LogP contribution in [0.25, 0.3) is 6.08 Å². The fraction of sp³-hybridized carbons (Fsp3) is 0.222. The van der Waals surface area contributed by atoms with Crippen molar-refractivity contribution in [1.82, 2.24) is 4.57 Å². The molecule has 0 saturated heterocycles. The van der Waals surface area contributed by atoms with E-state index < -0.39 is 12.0 Å². The molecule has 7 nitrogen and oxygen atoms in total. The van der Waals surface area contributed by atoms with Crippen molar-refractivity contribution in [2.24, 2.45) is 4.99 Å². The molecule has 1 aliphatic rings. The Hall–Kier alpha value is -3.91. The lowest BCUT2D eigenvalue weighted by molar-refractivity contribution is -0.139. The molecule has 0 fully saturated rings. The first-order valence-electron chi connectivity index (χ1n) is 11.1. The van der Waals surface area contributed by atoms with Gasteiger partial charge in [0.15, 0.2) is 16.3 Å². The van der Waals surface area contributed by atoms with Crippen molar-refractivity contribution < 1.29 is 19.0 Å². The Bertz CT molecular complexity index is 1470. The highest BCUT2D eigenvalue weighted by Crippen LogP contribution is 2.31. The van der Waals surface area contributed by atoms with Crippen molar-refractivity contribution in [2.75, 3.05) is 20.3 Å². The Labute approximate surface area is 206 Å². The molecule has 35 heavy (non-hydrogen) atoms. The molecule has 0 radical (unpaired) electrons. The maximum atomic E-state index is 13.6. The van der Waals surface area contributed by atoms with Gasteiger partial charge < -0.3 is 14.2 Å². The molecule has 0 bridgehead atoms. The van der Waals surface area contributed by atoms with Crippen LogP contribution in [0.5, 0.6) is 11.5 Å². The fourth-order valence-electron chi connectivity index (χ4n) is 3.94. The second kappa shape index (κ2) is 10.6. The molecule has 0 spiro atoms. The van der Waals surface area contributed by atoms with Crippen LogP contribution in [-0.4, -0.2) is 30.9 Å². The predicted molar refractivity (Wildman–Crippen MR) is 136 cm³/mol. The summed E-state index contributed by atoms with van der Waals surface area (Å²) in [6.07, 6.45) is 3.44. The average molecular weight is 491 g/mol. The van der Waals surface area contributed by atoms with Gasteiger partial charge in [0, 0.05) is 0 Å². The van der Waals surface area contributed by atoms with Crippen molar-refractivity contribution >= 4 is 23.4 Å². The number of thiazole rings is 1. The fourth-order valence-corrected chi connectivity index (χ4v) is 4.98. The molecular weight excluding hydrogens is 464 g/mol. The molecule has 1 atom stereocenters. The molecule has 180 valence electrons. The van der Waals surface area contributed by atoms with Crippen LogP contribution in [0.3, 0.4) is 0 Å². The van der Waals surface area contributed by atoms with Gasteiger partial charge in [-0.25, -0.2) is 9.79 Å². The number of aromatic nitrogens is 1. The molecule has 2 aromatic carbocycles. The Morgan fingerprint density at radius 3 is 2.66 bits per heavy atom. The quantitative estimate of drug-likeness (QED) is 0.357. The van der Waals surface area contributed by atoms with Crippen LogP contribution < -0.4 is 24.4 Å². The number of carbonyl (C=O) groups excluding carboxylic acids is 1. The average Bonchev–Trinajstić information content (AvgIpc) is 3.17. The van der Waals surface area contributed by atoms with Gasteiger partial charge in [-0.2, -0.15) is 0 Å². The molecule has 4 rings (SSSR count). The Morgan fingerprint density at radius 1 is 1.20 bits per heavy atom. The van der Waals surface area contributed by atoms with Crippen LogP contribution in [0.2, 0.25) is 0 Å². The highest BCUT2D eigenvalue weighted by Gasteiger charge is 2.33. The monoisotopic (exact) mass is 490 g/mol. The minimum Gasteiger partial charge on any atom is -0.493 e. The van der Waals surface area contributed by atoms with E-state index in [4.69, 9.17) is 14.2 Å². The van der Waals surface area contributed by atoms with E-state index in [1.54, 1.807) is 49.8 Å². The summed E-state index contributed by atoms with van der Waals surface area (Å²) in [5.74, 6) is 0.664. The highest BCUT2D eigenvalue weighted by atomic mass is 32.1. The first-order chi connectivity index (χ1) is 17.0. The van der Waals surface area contributed by atoms with Gasteiger partial charge in [-0.1, -0.05) is 60.4 Å². The smallest absolute Gasteiger partial charge is 0.338 e. The van der Waals surface area contributed by atoms with E-state index in [0.717, 1.165) is 11.1 Å². The summed E-state index contributed by atoms with van der Waals surface area (Å²) in [5, 5.41) is 0. The number of nitrogens with zero attached hydrogens (tertiary/aromatic N) is 2. The number of carbonyl (C=O) groups is 1. The molecule has 3 aromatic rings. The first kappa shape index (κ1) is 24.2. The number of rotatable bonds is 8. The number of hydrogen-bond acceptors (Lipinski definition) is 7. The number of methoxy groups -OCH3 is 1. The van der Waals surface area contributed by atoms with Gasteiger partial charge in [-0.05, 0) is 43.2 Å². The molecule has 2 heterocycles. The summed E-state index contributed by atoms with van der Waals surface area (Å²) in [6.45, 7) is 7.77. The SMILES string of the molecule is C=CCOc1ccc(/C=c2/sc3n(c2=O)[C@@H](c2ccccc2)C(C(=O)OCC)=C(C)N=3)cc1OC. The van der Waals surface area contributed by atoms with Crippen LogP contribution >= 0.6 is 11.3 Å². The number of benzene rings is 2. The lowest BCUT2D eigenvalue weighted by Gasteiger charge is -2.24. The summed E-state index contributed by atoms with van der Waals surface area (Å²) in [5.41, 5.74) is 2.25. The molecular formula is C27H26N2O5S. The summed E-state index contributed by atoms with van der Waals surface area (Å²) in [4.78, 5) is 31.7. The number of ether oxygens (including phenoxy) is 3. The molecule has 0 aliphatic carbocycles. The van der Waals surface area contributed by atoms with E-state index in [0.29, 0.717) is 38.7 Å². The number of hydrogen-bond donors (Lipinski definition) is 0. The second-order valence-electron chi connectivity index (χ2n) is 7.72. The normalized spacial score (nSPS) is 15.3. The number of fused-ring (bicyclic) bond motifs is 1. The molecule has 1 aromatic heterocycles. The topological polar surface area (TPSA) is 79.1 Å². The summed E-state index contributed by atoms with van der Waals surface area (Å²) < 4.78 is 18.4. The van der Waals surface area contributed by atoms with Gasteiger partial charge in [0.2, 0.25) is 0 Å². The molecule has 0 unspecified atom stereocenters. The molecule has 8 heteroatoms. The van der Waals surface area contributed by atoms with Gasteiger partial charge in [0.25, 0.3) is 5.56 Å². The standard InChI is InChI=1S/C27H26N2O5S/c1-5-14-34-20-13-12-18(15-21(20)32-4)16-22-25(30)29-24(19-10-8-7-9-11-19)23(26(31)33-6-2)17(3)28-27(29)35-22/h5,7-13,15-16,24H,1,6,14H2,2-4H3/b22-16+/t24-/m0/s1. The maximum absolute atomic E-state index is 13.6. The Kier molecular flexibility index (Phi) is 7.31. The predicted octanol–water partition coefficient (Wildman–Crippen LogP) is 3.37. The van der Waals surface area contributed by atoms with Crippen LogP contribution in [0.1, 0.15) is 31.0 Å². The van der Waals surface area contributed by atoms with Gasteiger partial charge >= 0.3 is 5.97 Å². The van der Waals surface area contributed by atoms with E-state index in [1.807, 2.05) is 36.4 Å². The van der Waals surface area contributed by atoms with Crippen molar-refractivity contribution in [3.63, 3.8) is 0 Å². The lowest BCUT2D eigenvalue weighted by atomic mass is 9.96. The Morgan fingerprint density at radius 2 is 1.97 bits per heavy atom. The third-order valence-electron chi connectivity index (χ3n) is 5.47. The maximum Gasteiger partial charge on any atom is 0.338 e. The van der Waals surface area contributed by atoms with E-state index in [-0.39, 0.29) is 12.2 Å². The van der Waals surface area contributed by atoms with Crippen LogP contribution in [-0.2, 0) is 9.53 Å². The number of allylic oxidation sites excluding steroid dienone is 1. The summed E-state index contributed by atoms with van der Waals surface area (Å²) in [7, 11) is 1.56. The van der Waals surface area contributed by atoms with Crippen LogP contribution in [0.15, 0.2) is 82.2 Å². The molecule has 0 saturated carbocycles. The molecule has 1 aliphatic heterocycles. The van der Waals surface area contributed by atoms with Gasteiger partial charge in [-0.3, -0.25) is 9.36 Å². The van der Waals surface area contributed by atoms with Crippen LogP contribution in [0, 0.1) is 0 Å². The van der Waals surface area contributed by atoms with E-state index in [1.165, 1.54) is 11.3 Å². The lowest BCUT2D eigenvalue weighted by Crippen LogP contribution is -2.39. The second-order valence-corrected chi connectivity index (χ2v) is 8.73. The van der Waals surface area contributed by atoms with E-state index in [9.17, 15) is 9.59 Å². The van der Waals surface area contributed by atoms with E-state index in [2.05, 4.69) is 11.6 Å². The third-order valence-corrected chi connectivity index (χ3v) is 6.46. The van der Waals surface area contributed by atoms with Gasteiger partial charge in [0.05, 0.1) is 35.6 Å². The van der Waals surface area contributed by atoms with E-state index >= 15 is 0 Å². The first-order valence-corrected chi connectivity index (χ1v) is 12.0. The zero-order chi connectivity index (χ0) is 24.9. The van der Waals surface area contributed by atoms with Crippen molar-refractivity contribution in [2.45, 2.75) is 19.9 Å². The number of esters is 1.